The standard InChI is InChI=1S/C21H25N3O5S2/c1-15-2-4-17(5-3-15)31(28,29)24-10-9-23(12-18(24)21(26)27)20(25)14-22-8-6-16-7-11-30-19(16)13-22/h2-5,7,11,18H,6,8-10,12-14H2,1H3,(H,26,27). The smallest absolute Gasteiger partial charge is 0.323 e. The summed E-state index contributed by atoms with van der Waals surface area (Å²) in [5.41, 5.74) is 2.24. The number of rotatable bonds is 5. The van der Waals surface area contributed by atoms with Crippen LogP contribution in [0, 0.1) is 6.92 Å². The van der Waals surface area contributed by atoms with E-state index in [2.05, 4.69) is 16.3 Å². The normalized spacial score (nSPS) is 20.4. The van der Waals surface area contributed by atoms with Gasteiger partial charge in [0.2, 0.25) is 15.9 Å². The zero-order valence-corrected chi connectivity index (χ0v) is 18.9. The second-order valence-electron chi connectivity index (χ2n) is 7.95. The van der Waals surface area contributed by atoms with E-state index in [9.17, 15) is 23.1 Å². The van der Waals surface area contributed by atoms with E-state index in [0.29, 0.717) is 6.54 Å². The Bertz CT molecular complexity index is 1080. The van der Waals surface area contributed by atoms with Crippen LogP contribution in [0.5, 0.6) is 0 Å². The Balaban J connectivity index is 1.45. The van der Waals surface area contributed by atoms with Crippen molar-refractivity contribution >= 4 is 33.2 Å². The zero-order chi connectivity index (χ0) is 22.2. The average molecular weight is 464 g/mol. The van der Waals surface area contributed by atoms with Gasteiger partial charge in [-0.1, -0.05) is 17.7 Å². The number of piperazine rings is 1. The molecule has 1 amide bonds. The third-order valence-electron chi connectivity index (χ3n) is 5.86. The SMILES string of the molecule is Cc1ccc(S(=O)(=O)N2CCN(C(=O)CN3CCc4ccsc4C3)CC2C(=O)O)cc1. The highest BCUT2D eigenvalue weighted by molar-refractivity contribution is 7.89. The number of amides is 1. The number of hydrogen-bond donors (Lipinski definition) is 1. The molecular weight excluding hydrogens is 438 g/mol. The second-order valence-corrected chi connectivity index (χ2v) is 10.8. The Morgan fingerprint density at radius 3 is 2.58 bits per heavy atom. The molecular formula is C21H25N3O5S2. The van der Waals surface area contributed by atoms with E-state index in [0.717, 1.165) is 22.8 Å². The fourth-order valence-electron chi connectivity index (χ4n) is 4.04. The zero-order valence-electron chi connectivity index (χ0n) is 17.2. The number of carboxylic acid groups (broad SMARTS) is 1. The van der Waals surface area contributed by atoms with Crippen molar-refractivity contribution in [1.82, 2.24) is 14.1 Å². The number of sulfonamides is 1. The van der Waals surface area contributed by atoms with Gasteiger partial charge >= 0.3 is 5.97 Å². The minimum atomic E-state index is -3.97. The molecule has 166 valence electrons. The first-order valence-corrected chi connectivity index (χ1v) is 12.4. The Morgan fingerprint density at radius 2 is 1.87 bits per heavy atom. The summed E-state index contributed by atoms with van der Waals surface area (Å²) in [6.45, 7) is 3.51. The van der Waals surface area contributed by atoms with E-state index in [1.807, 2.05) is 6.92 Å². The number of hydrogen-bond acceptors (Lipinski definition) is 6. The number of fused-ring (bicyclic) bond motifs is 1. The first kappa shape index (κ1) is 21.9. The molecule has 0 aliphatic carbocycles. The van der Waals surface area contributed by atoms with Crippen LogP contribution in [0.2, 0.25) is 0 Å². The van der Waals surface area contributed by atoms with Gasteiger partial charge < -0.3 is 10.0 Å². The minimum Gasteiger partial charge on any atom is -0.480 e. The van der Waals surface area contributed by atoms with Gasteiger partial charge in [0, 0.05) is 37.6 Å². The molecule has 0 saturated carbocycles. The second kappa shape index (κ2) is 8.70. The lowest BCUT2D eigenvalue weighted by molar-refractivity contribution is -0.146. The Morgan fingerprint density at radius 1 is 1.13 bits per heavy atom. The summed E-state index contributed by atoms with van der Waals surface area (Å²) in [5.74, 6) is -1.42. The summed E-state index contributed by atoms with van der Waals surface area (Å²) in [6.07, 6.45) is 0.895. The van der Waals surface area contributed by atoms with Gasteiger partial charge in [0.05, 0.1) is 11.4 Å². The molecule has 1 aromatic heterocycles. The van der Waals surface area contributed by atoms with Crippen LogP contribution in [0.3, 0.4) is 0 Å². The lowest BCUT2D eigenvalue weighted by Gasteiger charge is -2.39. The molecule has 8 nitrogen and oxygen atoms in total. The number of aliphatic carboxylic acids is 1. The maximum atomic E-state index is 13.1. The molecule has 1 fully saturated rings. The maximum absolute atomic E-state index is 13.1. The van der Waals surface area contributed by atoms with Crippen LogP contribution >= 0.6 is 11.3 Å². The molecule has 31 heavy (non-hydrogen) atoms. The van der Waals surface area contributed by atoms with Gasteiger partial charge in [-0.25, -0.2) is 8.42 Å². The lowest BCUT2D eigenvalue weighted by atomic mass is 10.1. The lowest BCUT2D eigenvalue weighted by Crippen LogP contribution is -2.60. The highest BCUT2D eigenvalue weighted by Crippen LogP contribution is 2.25. The van der Waals surface area contributed by atoms with Crippen molar-refractivity contribution in [3.05, 3.63) is 51.7 Å². The fraction of sp³-hybridized carbons (Fsp3) is 0.429. The van der Waals surface area contributed by atoms with Crippen molar-refractivity contribution in [3.8, 4) is 0 Å². The quantitative estimate of drug-likeness (QED) is 0.720. The highest BCUT2D eigenvalue weighted by atomic mass is 32.2. The molecule has 4 rings (SSSR count). The molecule has 1 N–H and O–H groups in total. The van der Waals surface area contributed by atoms with E-state index in [1.54, 1.807) is 23.5 Å². The number of carbonyl (C=O) groups excluding carboxylic acids is 1. The average Bonchev–Trinajstić information content (AvgIpc) is 3.21. The molecule has 1 saturated heterocycles. The molecule has 0 bridgehead atoms. The van der Waals surface area contributed by atoms with Gasteiger partial charge in [-0.05, 0) is 42.5 Å². The topological polar surface area (TPSA) is 98.2 Å². The molecule has 2 aliphatic heterocycles. The van der Waals surface area contributed by atoms with E-state index in [1.165, 1.54) is 27.5 Å². The number of aryl methyl sites for hydroxylation is 1. The van der Waals surface area contributed by atoms with Gasteiger partial charge in [-0.15, -0.1) is 11.3 Å². The Kier molecular flexibility index (Phi) is 6.16. The van der Waals surface area contributed by atoms with Gasteiger partial charge in [0.25, 0.3) is 0 Å². The van der Waals surface area contributed by atoms with Gasteiger partial charge in [-0.3, -0.25) is 14.5 Å². The summed E-state index contributed by atoms with van der Waals surface area (Å²) >= 11 is 1.68. The first-order valence-electron chi connectivity index (χ1n) is 10.1. The van der Waals surface area contributed by atoms with E-state index < -0.39 is 22.0 Å². The van der Waals surface area contributed by atoms with Gasteiger partial charge in [-0.2, -0.15) is 4.31 Å². The van der Waals surface area contributed by atoms with Crippen LogP contribution in [0.15, 0.2) is 40.6 Å². The molecule has 1 aromatic carbocycles. The molecule has 2 aliphatic rings. The van der Waals surface area contributed by atoms with E-state index >= 15 is 0 Å². The first-order chi connectivity index (χ1) is 14.8. The van der Waals surface area contributed by atoms with Crippen LogP contribution in [-0.2, 0) is 32.6 Å². The van der Waals surface area contributed by atoms with E-state index in [-0.39, 0.29) is 37.0 Å². The largest absolute Gasteiger partial charge is 0.480 e. The fourth-order valence-corrected chi connectivity index (χ4v) is 6.58. The van der Waals surface area contributed by atoms with Crippen molar-refractivity contribution in [3.63, 3.8) is 0 Å². The third kappa shape index (κ3) is 4.52. The van der Waals surface area contributed by atoms with Crippen LogP contribution in [-0.4, -0.2) is 78.3 Å². The monoisotopic (exact) mass is 463 g/mol. The third-order valence-corrected chi connectivity index (χ3v) is 8.73. The number of carbonyl (C=O) groups is 2. The van der Waals surface area contributed by atoms with Crippen LogP contribution in [0.1, 0.15) is 16.0 Å². The number of carboxylic acids is 1. The summed E-state index contributed by atoms with van der Waals surface area (Å²) < 4.78 is 27.1. The van der Waals surface area contributed by atoms with Crippen molar-refractivity contribution in [2.75, 3.05) is 32.7 Å². The van der Waals surface area contributed by atoms with Crippen molar-refractivity contribution in [2.45, 2.75) is 30.8 Å². The summed E-state index contributed by atoms with van der Waals surface area (Å²) in [7, 11) is -3.97. The van der Waals surface area contributed by atoms with Crippen molar-refractivity contribution in [1.29, 1.82) is 0 Å². The van der Waals surface area contributed by atoms with Gasteiger partial charge in [0.15, 0.2) is 0 Å². The minimum absolute atomic E-state index is 0.0476. The maximum Gasteiger partial charge on any atom is 0.323 e. The highest BCUT2D eigenvalue weighted by Gasteiger charge is 2.41. The van der Waals surface area contributed by atoms with Crippen LogP contribution in [0.4, 0.5) is 0 Å². The van der Waals surface area contributed by atoms with Crippen LogP contribution in [0.25, 0.3) is 0 Å². The van der Waals surface area contributed by atoms with Crippen LogP contribution < -0.4 is 0 Å². The van der Waals surface area contributed by atoms with Gasteiger partial charge in [0.1, 0.15) is 6.04 Å². The molecule has 10 heteroatoms. The Hall–Kier alpha value is -2.27. The van der Waals surface area contributed by atoms with Crippen molar-refractivity contribution in [2.24, 2.45) is 0 Å². The van der Waals surface area contributed by atoms with E-state index in [4.69, 9.17) is 0 Å². The molecule has 0 spiro atoms. The predicted molar refractivity (Wildman–Crippen MR) is 116 cm³/mol. The summed E-state index contributed by atoms with van der Waals surface area (Å²) in [5, 5.41) is 11.8. The molecule has 2 aromatic rings. The molecule has 1 atom stereocenters. The molecule has 0 radical (unpaired) electrons. The number of benzene rings is 1. The predicted octanol–water partition coefficient (Wildman–Crippen LogP) is 1.40. The number of thiophene rings is 1. The number of nitrogens with zero attached hydrogens (tertiary/aromatic N) is 3. The molecule has 3 heterocycles. The summed E-state index contributed by atoms with van der Waals surface area (Å²) in [6, 6.07) is 7.13. The summed E-state index contributed by atoms with van der Waals surface area (Å²) in [4.78, 5) is 29.6. The molecule has 1 unspecified atom stereocenters. The Labute approximate surface area is 185 Å². The van der Waals surface area contributed by atoms with Crippen molar-refractivity contribution < 1.29 is 23.1 Å².